The van der Waals surface area contributed by atoms with Gasteiger partial charge in [-0.15, -0.1) is 0 Å². The molecule has 4 nitrogen and oxygen atoms in total. The van der Waals surface area contributed by atoms with Crippen LogP contribution in [0.25, 0.3) is 11.1 Å². The second-order valence-electron chi connectivity index (χ2n) is 9.18. The minimum absolute atomic E-state index is 0.174. The van der Waals surface area contributed by atoms with E-state index in [1.54, 1.807) is 0 Å². The summed E-state index contributed by atoms with van der Waals surface area (Å²) in [4.78, 5) is 17.5. The van der Waals surface area contributed by atoms with Crippen LogP contribution in [0, 0.1) is 5.82 Å². The predicted molar refractivity (Wildman–Crippen MR) is 136 cm³/mol. The molecule has 3 aromatic carbocycles. The maximum absolute atomic E-state index is 13.2. The van der Waals surface area contributed by atoms with Crippen LogP contribution in [-0.4, -0.2) is 50.7 Å². The Hall–Kier alpha value is -3.18. The molecule has 0 radical (unpaired) electrons. The largest absolute Gasteiger partial charge is 0.468 e. The molecule has 0 aromatic heterocycles. The lowest BCUT2D eigenvalue weighted by molar-refractivity contribution is -0.147. The molecule has 1 atom stereocenters. The molecule has 1 unspecified atom stereocenters. The fraction of sp³-hybridized carbons (Fsp3) is 0.345. The number of nitrogens with zero attached hydrogens (tertiary/aromatic N) is 2. The van der Waals surface area contributed by atoms with Crippen LogP contribution in [0.4, 0.5) is 10.1 Å². The molecule has 1 aliphatic heterocycles. The fourth-order valence-corrected chi connectivity index (χ4v) is 4.79. The molecule has 5 heteroatoms. The second kappa shape index (κ2) is 10.8. The van der Waals surface area contributed by atoms with E-state index in [1.165, 1.54) is 24.9 Å². The van der Waals surface area contributed by atoms with Crippen molar-refractivity contribution in [1.29, 1.82) is 0 Å². The van der Waals surface area contributed by atoms with Gasteiger partial charge in [0.2, 0.25) is 0 Å². The molecule has 0 amide bonds. The summed E-state index contributed by atoms with van der Waals surface area (Å²) in [5, 5.41) is 0. The van der Waals surface area contributed by atoms with Gasteiger partial charge in [-0.2, -0.15) is 0 Å². The van der Waals surface area contributed by atoms with Gasteiger partial charge in [0.05, 0.1) is 12.5 Å². The molecule has 1 aliphatic rings. The van der Waals surface area contributed by atoms with Crippen molar-refractivity contribution in [2.24, 2.45) is 0 Å². The number of hydrogen-bond acceptors (Lipinski definition) is 4. The van der Waals surface area contributed by atoms with Gasteiger partial charge >= 0.3 is 5.97 Å². The zero-order chi connectivity index (χ0) is 24.0. The molecule has 3 aromatic rings. The zero-order valence-electron chi connectivity index (χ0n) is 20.0. The smallest absolute Gasteiger partial charge is 0.315 e. The Morgan fingerprint density at radius 3 is 2.06 bits per heavy atom. The lowest BCUT2D eigenvalue weighted by Gasteiger charge is -2.36. The number of carbonyl (C=O) groups is 1. The van der Waals surface area contributed by atoms with Crippen LogP contribution >= 0.6 is 0 Å². The number of methoxy groups -OCH3 is 1. The van der Waals surface area contributed by atoms with Crippen LogP contribution in [0.15, 0.2) is 78.9 Å². The first kappa shape index (κ1) is 24.0. The fourth-order valence-electron chi connectivity index (χ4n) is 4.79. The summed E-state index contributed by atoms with van der Waals surface area (Å²) in [5.74, 6) is -0.388. The quantitative estimate of drug-likeness (QED) is 0.414. The van der Waals surface area contributed by atoms with Crippen molar-refractivity contribution < 1.29 is 13.9 Å². The molecular formula is C29H33FN2O2. The number of piperazine rings is 1. The minimum Gasteiger partial charge on any atom is -0.468 e. The van der Waals surface area contributed by atoms with E-state index in [9.17, 15) is 9.18 Å². The Balaban J connectivity index is 1.28. The van der Waals surface area contributed by atoms with Gasteiger partial charge in [-0.25, -0.2) is 4.39 Å². The van der Waals surface area contributed by atoms with Gasteiger partial charge in [0.1, 0.15) is 5.82 Å². The van der Waals surface area contributed by atoms with Crippen molar-refractivity contribution in [3.8, 4) is 11.1 Å². The number of carbonyl (C=O) groups excluding carboxylic acids is 1. The number of hydrogen-bond donors (Lipinski definition) is 0. The third kappa shape index (κ3) is 5.48. The number of halogens is 1. The summed E-state index contributed by atoms with van der Waals surface area (Å²) in [5.41, 5.74) is 3.72. The Kier molecular flexibility index (Phi) is 7.63. The van der Waals surface area contributed by atoms with E-state index in [2.05, 4.69) is 34.1 Å². The van der Waals surface area contributed by atoms with Crippen LogP contribution in [0.2, 0.25) is 0 Å². The minimum atomic E-state index is -0.621. The van der Waals surface area contributed by atoms with Gasteiger partial charge < -0.3 is 9.64 Å². The van der Waals surface area contributed by atoms with Crippen molar-refractivity contribution in [3.63, 3.8) is 0 Å². The summed E-state index contributed by atoms with van der Waals surface area (Å²) in [6, 6.07) is 25.1. The van der Waals surface area contributed by atoms with Crippen LogP contribution < -0.4 is 4.90 Å². The third-order valence-corrected chi connectivity index (χ3v) is 6.98. The van der Waals surface area contributed by atoms with Crippen LogP contribution in [0.3, 0.4) is 0 Å². The van der Waals surface area contributed by atoms with Crippen molar-refractivity contribution in [3.05, 3.63) is 90.2 Å². The molecule has 0 spiro atoms. The van der Waals surface area contributed by atoms with Gasteiger partial charge in [-0.1, -0.05) is 54.6 Å². The molecular weight excluding hydrogens is 427 g/mol. The summed E-state index contributed by atoms with van der Waals surface area (Å²) < 4.78 is 18.3. The van der Waals surface area contributed by atoms with Crippen molar-refractivity contribution in [2.75, 3.05) is 44.7 Å². The van der Waals surface area contributed by atoms with Gasteiger partial charge in [0.25, 0.3) is 0 Å². The SMILES string of the molecule is COC(=O)C(C)(CCCN1CCN(c2ccc(-c3ccc(F)cc3)cc2)CC1)c1ccccc1. The van der Waals surface area contributed by atoms with E-state index in [0.717, 1.165) is 62.3 Å². The maximum atomic E-state index is 13.2. The molecule has 178 valence electrons. The number of benzene rings is 3. The van der Waals surface area contributed by atoms with E-state index >= 15 is 0 Å². The number of anilines is 1. The Bertz CT molecular complexity index is 1060. The first-order valence-electron chi connectivity index (χ1n) is 12.0. The van der Waals surface area contributed by atoms with Crippen molar-refractivity contribution in [1.82, 2.24) is 4.90 Å². The number of esters is 1. The maximum Gasteiger partial charge on any atom is 0.315 e. The predicted octanol–water partition coefficient (Wildman–Crippen LogP) is 5.53. The molecule has 1 fully saturated rings. The summed E-state index contributed by atoms with van der Waals surface area (Å²) in [7, 11) is 1.47. The molecule has 0 saturated carbocycles. The summed E-state index contributed by atoms with van der Waals surface area (Å²) in [6.45, 7) is 6.91. The monoisotopic (exact) mass is 460 g/mol. The lowest BCUT2D eigenvalue weighted by Crippen LogP contribution is -2.47. The van der Waals surface area contributed by atoms with E-state index < -0.39 is 5.41 Å². The summed E-state index contributed by atoms with van der Waals surface area (Å²) >= 11 is 0. The molecule has 0 bridgehead atoms. The highest BCUT2D eigenvalue weighted by atomic mass is 19.1. The first-order chi connectivity index (χ1) is 16.5. The third-order valence-electron chi connectivity index (χ3n) is 6.98. The van der Waals surface area contributed by atoms with Gasteiger partial charge in [0, 0.05) is 31.9 Å². The Morgan fingerprint density at radius 2 is 1.47 bits per heavy atom. The average molecular weight is 461 g/mol. The molecule has 0 N–H and O–H groups in total. The highest BCUT2D eigenvalue weighted by molar-refractivity contribution is 5.82. The first-order valence-corrected chi connectivity index (χ1v) is 12.0. The molecule has 0 aliphatic carbocycles. The van der Waals surface area contributed by atoms with Gasteiger partial charge in [0.15, 0.2) is 0 Å². The van der Waals surface area contributed by atoms with Gasteiger partial charge in [-0.3, -0.25) is 9.69 Å². The number of ether oxygens (including phenoxy) is 1. The van der Waals surface area contributed by atoms with Crippen LogP contribution in [0.5, 0.6) is 0 Å². The summed E-state index contributed by atoms with van der Waals surface area (Å²) in [6.07, 6.45) is 1.70. The van der Waals surface area contributed by atoms with Crippen LogP contribution in [0.1, 0.15) is 25.3 Å². The van der Waals surface area contributed by atoms with E-state index in [-0.39, 0.29) is 11.8 Å². The highest BCUT2D eigenvalue weighted by Gasteiger charge is 2.36. The van der Waals surface area contributed by atoms with E-state index in [0.29, 0.717) is 0 Å². The van der Waals surface area contributed by atoms with E-state index in [4.69, 9.17) is 4.74 Å². The van der Waals surface area contributed by atoms with Gasteiger partial charge in [-0.05, 0) is 67.3 Å². The zero-order valence-corrected chi connectivity index (χ0v) is 20.0. The Morgan fingerprint density at radius 1 is 0.882 bits per heavy atom. The van der Waals surface area contributed by atoms with E-state index in [1.807, 2.05) is 49.4 Å². The molecule has 1 heterocycles. The number of rotatable bonds is 8. The molecule has 34 heavy (non-hydrogen) atoms. The highest BCUT2D eigenvalue weighted by Crippen LogP contribution is 2.31. The average Bonchev–Trinajstić information content (AvgIpc) is 2.89. The molecule has 4 rings (SSSR count). The topological polar surface area (TPSA) is 32.8 Å². The molecule has 1 saturated heterocycles. The van der Waals surface area contributed by atoms with Crippen molar-refractivity contribution >= 4 is 11.7 Å². The van der Waals surface area contributed by atoms with Crippen LogP contribution in [-0.2, 0) is 14.9 Å². The van der Waals surface area contributed by atoms with Crippen molar-refractivity contribution in [2.45, 2.75) is 25.2 Å². The normalized spacial score (nSPS) is 16.1. The Labute approximate surface area is 202 Å². The standard InChI is InChI=1S/C29H33FN2O2/c1-29(28(33)34-2,25-7-4-3-5-8-25)17-6-18-31-19-21-32(22-20-31)27-15-11-24(12-16-27)23-9-13-26(30)14-10-23/h3-5,7-16H,6,17-22H2,1-2H3. The second-order valence-corrected chi connectivity index (χ2v) is 9.18. The lowest BCUT2D eigenvalue weighted by atomic mass is 9.78.